The number of esters is 2. The Hall–Kier alpha value is -2.44. The van der Waals surface area contributed by atoms with E-state index in [0.29, 0.717) is 21.5 Å². The average Bonchev–Trinajstić information content (AvgIpc) is 2.69. The van der Waals surface area contributed by atoms with E-state index in [-0.39, 0.29) is 39.3 Å². The van der Waals surface area contributed by atoms with Crippen molar-refractivity contribution in [1.29, 1.82) is 0 Å². The van der Waals surface area contributed by atoms with E-state index in [1.165, 1.54) is 0 Å². The summed E-state index contributed by atoms with van der Waals surface area (Å²) >= 11 is 11.9. The van der Waals surface area contributed by atoms with Crippen LogP contribution in [0.25, 0.3) is 0 Å². The molecule has 150 valence electrons. The first-order valence-electron chi connectivity index (χ1n) is 8.62. The lowest BCUT2D eigenvalue weighted by Crippen LogP contribution is -2.16. The molecule has 0 spiro atoms. The van der Waals surface area contributed by atoms with Crippen molar-refractivity contribution >= 4 is 35.1 Å². The molecule has 0 amide bonds. The molecule has 2 aromatic carbocycles. The van der Waals surface area contributed by atoms with Crippen LogP contribution in [0.4, 0.5) is 0 Å². The molecule has 0 N–H and O–H groups in total. The number of halogens is 2. The molecule has 0 bridgehead atoms. The van der Waals surface area contributed by atoms with Crippen LogP contribution in [0, 0.1) is 0 Å². The normalized spacial score (nSPS) is 10.2. The van der Waals surface area contributed by atoms with Gasteiger partial charge in [0.25, 0.3) is 0 Å². The van der Waals surface area contributed by atoms with Crippen LogP contribution in [0.3, 0.4) is 0 Å². The number of carbonyl (C=O) groups excluding carboxylic acids is 2. The lowest BCUT2D eigenvalue weighted by molar-refractivity contribution is -0.151. The predicted molar refractivity (Wildman–Crippen MR) is 105 cm³/mol. The highest BCUT2D eigenvalue weighted by Gasteiger charge is 2.10. The maximum atomic E-state index is 11.6. The number of hydrogen-bond acceptors (Lipinski definition) is 6. The molecule has 0 heterocycles. The van der Waals surface area contributed by atoms with Gasteiger partial charge in [-0.1, -0.05) is 47.5 Å². The van der Waals surface area contributed by atoms with Crippen LogP contribution >= 0.6 is 23.2 Å². The molecule has 0 saturated heterocycles. The van der Waals surface area contributed by atoms with Crippen LogP contribution in [0.1, 0.15) is 12.8 Å². The molecule has 0 fully saturated rings. The summed E-state index contributed by atoms with van der Waals surface area (Å²) in [6, 6.07) is 14.0. The predicted octanol–water partition coefficient (Wildman–Crippen LogP) is 4.32. The van der Waals surface area contributed by atoms with Crippen LogP contribution < -0.4 is 9.47 Å². The van der Waals surface area contributed by atoms with E-state index in [2.05, 4.69) is 0 Å². The summed E-state index contributed by atoms with van der Waals surface area (Å²) in [7, 11) is 0. The standard InChI is InChI=1S/C20H20Cl2O6/c21-15-5-1-3-7-17(15)25-11-13-27-19(23)9-10-20(24)28-14-12-26-18-8-4-2-6-16(18)22/h1-8H,9-14H2. The van der Waals surface area contributed by atoms with E-state index in [1.807, 2.05) is 0 Å². The zero-order valence-corrected chi connectivity index (χ0v) is 16.6. The highest BCUT2D eigenvalue weighted by Crippen LogP contribution is 2.23. The SMILES string of the molecule is O=C(CCC(=O)OCCOc1ccccc1Cl)OCCOc1ccccc1Cl. The van der Waals surface area contributed by atoms with Crippen LogP contribution in [-0.4, -0.2) is 38.4 Å². The van der Waals surface area contributed by atoms with Crippen LogP contribution in [0.15, 0.2) is 48.5 Å². The Balaban J connectivity index is 1.51. The summed E-state index contributed by atoms with van der Waals surface area (Å²) in [5.41, 5.74) is 0. The van der Waals surface area contributed by atoms with E-state index in [1.54, 1.807) is 48.5 Å². The van der Waals surface area contributed by atoms with Crippen LogP contribution in [0.5, 0.6) is 11.5 Å². The van der Waals surface area contributed by atoms with Gasteiger partial charge in [-0.05, 0) is 24.3 Å². The Morgan fingerprint density at radius 2 is 1.04 bits per heavy atom. The highest BCUT2D eigenvalue weighted by molar-refractivity contribution is 6.32. The van der Waals surface area contributed by atoms with Gasteiger partial charge in [0, 0.05) is 0 Å². The minimum Gasteiger partial charge on any atom is -0.488 e. The second-order valence-corrected chi connectivity index (χ2v) is 6.31. The molecular weight excluding hydrogens is 407 g/mol. The Morgan fingerprint density at radius 1 is 0.643 bits per heavy atom. The smallest absolute Gasteiger partial charge is 0.306 e. The topological polar surface area (TPSA) is 71.1 Å². The highest BCUT2D eigenvalue weighted by atomic mass is 35.5. The third-order valence-corrected chi connectivity index (χ3v) is 4.04. The summed E-state index contributed by atoms with van der Waals surface area (Å²) in [5.74, 6) is 0.0182. The summed E-state index contributed by atoms with van der Waals surface area (Å²) < 4.78 is 20.8. The molecule has 2 rings (SSSR count). The molecule has 0 saturated carbocycles. The van der Waals surface area contributed by atoms with Crippen LogP contribution in [-0.2, 0) is 19.1 Å². The van der Waals surface area contributed by atoms with Crippen LogP contribution in [0.2, 0.25) is 10.0 Å². The van der Waals surface area contributed by atoms with Gasteiger partial charge in [-0.25, -0.2) is 0 Å². The van der Waals surface area contributed by atoms with Crippen molar-refractivity contribution in [2.75, 3.05) is 26.4 Å². The zero-order valence-electron chi connectivity index (χ0n) is 15.1. The van der Waals surface area contributed by atoms with E-state index in [0.717, 1.165) is 0 Å². The lowest BCUT2D eigenvalue weighted by atomic mass is 10.3. The third-order valence-electron chi connectivity index (χ3n) is 3.41. The molecule has 28 heavy (non-hydrogen) atoms. The number of hydrogen-bond donors (Lipinski definition) is 0. The first-order chi connectivity index (χ1) is 13.6. The van der Waals surface area contributed by atoms with Gasteiger partial charge in [0.2, 0.25) is 0 Å². The average molecular weight is 427 g/mol. The molecule has 0 unspecified atom stereocenters. The summed E-state index contributed by atoms with van der Waals surface area (Å²) in [5, 5.41) is 0.963. The van der Waals surface area contributed by atoms with Crippen molar-refractivity contribution in [2.45, 2.75) is 12.8 Å². The van der Waals surface area contributed by atoms with Gasteiger partial charge in [0.15, 0.2) is 0 Å². The third kappa shape index (κ3) is 8.06. The first-order valence-corrected chi connectivity index (χ1v) is 9.38. The number of para-hydroxylation sites is 2. The van der Waals surface area contributed by atoms with E-state index in [4.69, 9.17) is 42.1 Å². The molecule has 0 atom stereocenters. The maximum Gasteiger partial charge on any atom is 0.306 e. The molecular formula is C20H20Cl2O6. The van der Waals surface area contributed by atoms with E-state index >= 15 is 0 Å². The molecule has 0 aliphatic carbocycles. The largest absolute Gasteiger partial charge is 0.488 e. The van der Waals surface area contributed by atoms with Crippen molar-refractivity contribution in [1.82, 2.24) is 0 Å². The summed E-state index contributed by atoms with van der Waals surface area (Å²) in [6.45, 7) is 0.453. The fraction of sp³-hybridized carbons (Fsp3) is 0.300. The summed E-state index contributed by atoms with van der Waals surface area (Å²) in [6.07, 6.45) is -0.146. The second-order valence-electron chi connectivity index (χ2n) is 5.50. The van der Waals surface area contributed by atoms with Crippen molar-refractivity contribution in [3.05, 3.63) is 58.6 Å². The quantitative estimate of drug-likeness (QED) is 0.393. The molecule has 0 radical (unpaired) electrons. The van der Waals surface area contributed by atoms with Gasteiger partial charge in [0.05, 0.1) is 22.9 Å². The molecule has 8 heteroatoms. The molecule has 0 aromatic heterocycles. The van der Waals surface area contributed by atoms with Crippen molar-refractivity contribution in [3.63, 3.8) is 0 Å². The minimum atomic E-state index is -0.507. The zero-order chi connectivity index (χ0) is 20.2. The van der Waals surface area contributed by atoms with E-state index in [9.17, 15) is 9.59 Å². The number of rotatable bonds is 11. The van der Waals surface area contributed by atoms with Gasteiger partial charge in [0.1, 0.15) is 37.9 Å². The van der Waals surface area contributed by atoms with Crippen molar-refractivity contribution in [3.8, 4) is 11.5 Å². The van der Waals surface area contributed by atoms with Gasteiger partial charge >= 0.3 is 11.9 Å². The number of benzene rings is 2. The Bertz CT molecular complexity index is 715. The minimum absolute atomic E-state index is 0.0603. The summed E-state index contributed by atoms with van der Waals surface area (Å²) in [4.78, 5) is 23.3. The maximum absolute atomic E-state index is 11.6. The molecule has 0 aliphatic rings. The molecule has 2 aromatic rings. The second kappa shape index (κ2) is 12.1. The van der Waals surface area contributed by atoms with Gasteiger partial charge < -0.3 is 18.9 Å². The molecule has 0 aliphatic heterocycles. The first kappa shape index (κ1) is 21.9. The number of ether oxygens (including phenoxy) is 4. The lowest BCUT2D eigenvalue weighted by Gasteiger charge is -2.09. The Kier molecular flexibility index (Phi) is 9.45. The number of carbonyl (C=O) groups is 2. The van der Waals surface area contributed by atoms with Crippen molar-refractivity contribution < 1.29 is 28.5 Å². The van der Waals surface area contributed by atoms with Gasteiger partial charge in [-0.3, -0.25) is 9.59 Å². The van der Waals surface area contributed by atoms with Gasteiger partial charge in [-0.2, -0.15) is 0 Å². The van der Waals surface area contributed by atoms with Gasteiger partial charge in [-0.15, -0.1) is 0 Å². The fourth-order valence-corrected chi connectivity index (χ4v) is 2.47. The fourth-order valence-electron chi connectivity index (χ4n) is 2.09. The monoisotopic (exact) mass is 426 g/mol. The van der Waals surface area contributed by atoms with E-state index < -0.39 is 11.9 Å². The molecule has 6 nitrogen and oxygen atoms in total. The van der Waals surface area contributed by atoms with Crippen molar-refractivity contribution in [2.24, 2.45) is 0 Å². The Morgan fingerprint density at radius 3 is 1.43 bits per heavy atom. The Labute approximate surface area is 173 Å².